The van der Waals surface area contributed by atoms with Crippen LogP contribution in [-0.4, -0.2) is 36.5 Å². The van der Waals surface area contributed by atoms with E-state index in [2.05, 4.69) is 4.90 Å². The molecule has 12 heavy (non-hydrogen) atoms. The van der Waals surface area contributed by atoms with Crippen LogP contribution in [0.5, 0.6) is 0 Å². The van der Waals surface area contributed by atoms with Gasteiger partial charge < -0.3 is 4.90 Å². The number of nitrogens with zero attached hydrogens (tertiary/aromatic N) is 1. The van der Waals surface area contributed by atoms with Crippen molar-refractivity contribution in [3.8, 4) is 0 Å². The average Bonchev–Trinajstić information content (AvgIpc) is 1.93. The molecule has 0 radical (unpaired) electrons. The van der Waals surface area contributed by atoms with Crippen molar-refractivity contribution in [3.05, 3.63) is 0 Å². The maximum Gasteiger partial charge on any atom is 0.163 e. The molecule has 1 rings (SSSR count). The van der Waals surface area contributed by atoms with Gasteiger partial charge in [-0.2, -0.15) is 0 Å². The zero-order chi connectivity index (χ0) is 8.97. The molecule has 0 aromatic carbocycles. The number of halogens is 1. The van der Waals surface area contributed by atoms with Crippen molar-refractivity contribution in [2.75, 3.05) is 19.6 Å². The van der Waals surface area contributed by atoms with Gasteiger partial charge in [0.15, 0.2) is 12.0 Å². The minimum absolute atomic E-state index is 0.335. The first kappa shape index (κ1) is 9.65. The quantitative estimate of drug-likeness (QED) is 0.626. The predicted molar refractivity (Wildman–Crippen MR) is 45.9 cm³/mol. The van der Waals surface area contributed by atoms with E-state index in [0.717, 1.165) is 26.1 Å². The number of carbonyl (C=O) groups excluding carboxylic acids is 1. The molecule has 0 unspecified atom stereocenters. The Morgan fingerprint density at radius 2 is 2.25 bits per heavy atom. The Morgan fingerprint density at radius 1 is 1.58 bits per heavy atom. The molecule has 0 spiro atoms. The Kier molecular flexibility index (Phi) is 3.66. The van der Waals surface area contributed by atoms with E-state index in [9.17, 15) is 9.18 Å². The summed E-state index contributed by atoms with van der Waals surface area (Å²) >= 11 is 0. The summed E-state index contributed by atoms with van der Waals surface area (Å²) in [4.78, 5) is 12.8. The number of hydrogen-bond donors (Lipinski definition) is 0. The predicted octanol–water partition coefficient (Wildman–Crippen LogP) is 1.40. The van der Waals surface area contributed by atoms with Gasteiger partial charge in [-0.15, -0.1) is 0 Å². The normalized spacial score (nSPS) is 20.2. The second-order valence-corrected chi connectivity index (χ2v) is 3.42. The molecule has 1 saturated heterocycles. The van der Waals surface area contributed by atoms with Crippen LogP contribution in [0.25, 0.3) is 0 Å². The van der Waals surface area contributed by atoms with E-state index in [1.165, 1.54) is 13.3 Å². The molecule has 1 aliphatic heterocycles. The summed E-state index contributed by atoms with van der Waals surface area (Å²) in [6, 6.07) is 0. The molecule has 0 amide bonds. The van der Waals surface area contributed by atoms with Gasteiger partial charge in [0.25, 0.3) is 0 Å². The Morgan fingerprint density at radius 3 is 2.67 bits per heavy atom. The van der Waals surface area contributed by atoms with Crippen molar-refractivity contribution in [1.29, 1.82) is 0 Å². The first-order valence-electron chi connectivity index (χ1n) is 4.57. The molecule has 1 atom stereocenters. The Balaban J connectivity index is 1.97. The van der Waals surface area contributed by atoms with Crippen LogP contribution < -0.4 is 0 Å². The van der Waals surface area contributed by atoms with Crippen LogP contribution >= 0.6 is 0 Å². The summed E-state index contributed by atoms with van der Waals surface area (Å²) in [7, 11) is 0. The third kappa shape index (κ3) is 2.89. The summed E-state index contributed by atoms with van der Waals surface area (Å²) in [5.41, 5.74) is 0. The highest BCUT2D eigenvalue weighted by molar-refractivity contribution is 5.80. The fourth-order valence-electron chi connectivity index (χ4n) is 1.30. The second-order valence-electron chi connectivity index (χ2n) is 3.42. The lowest BCUT2D eigenvalue weighted by Gasteiger charge is -2.30. The van der Waals surface area contributed by atoms with Crippen LogP contribution in [0, 0.1) is 0 Å². The number of rotatable bonds is 5. The molecule has 2 nitrogen and oxygen atoms in total. The standard InChI is InChI=1S/C9H16FNO/c1-8(12)9(10)4-2-5-11-6-3-7-11/h9H,2-7H2,1H3/t9-/m1/s1. The molecule has 1 aliphatic rings. The molecule has 1 heterocycles. The minimum Gasteiger partial charge on any atom is -0.303 e. The highest BCUT2D eigenvalue weighted by Crippen LogP contribution is 2.09. The van der Waals surface area contributed by atoms with Crippen LogP contribution in [0.1, 0.15) is 26.2 Å². The van der Waals surface area contributed by atoms with Gasteiger partial charge in [0, 0.05) is 0 Å². The minimum atomic E-state index is -1.23. The van der Waals surface area contributed by atoms with Crippen molar-refractivity contribution < 1.29 is 9.18 Å². The van der Waals surface area contributed by atoms with Gasteiger partial charge in [-0.3, -0.25) is 4.79 Å². The summed E-state index contributed by atoms with van der Waals surface area (Å²) in [6.45, 7) is 4.57. The molecule has 0 aromatic heterocycles. The van der Waals surface area contributed by atoms with Crippen LogP contribution in [0.4, 0.5) is 4.39 Å². The summed E-state index contributed by atoms with van der Waals surface area (Å²) in [5.74, 6) is -0.335. The highest BCUT2D eigenvalue weighted by Gasteiger charge is 2.15. The van der Waals surface area contributed by atoms with Crippen molar-refractivity contribution in [1.82, 2.24) is 4.90 Å². The van der Waals surface area contributed by atoms with E-state index in [-0.39, 0.29) is 5.78 Å². The maximum absolute atomic E-state index is 12.7. The number of ketones is 1. The topological polar surface area (TPSA) is 20.3 Å². The van der Waals surface area contributed by atoms with Gasteiger partial charge >= 0.3 is 0 Å². The highest BCUT2D eigenvalue weighted by atomic mass is 19.1. The first-order chi connectivity index (χ1) is 5.70. The molecule has 0 aliphatic carbocycles. The van der Waals surface area contributed by atoms with Gasteiger partial charge in [-0.05, 0) is 45.8 Å². The van der Waals surface area contributed by atoms with Crippen LogP contribution in [0.2, 0.25) is 0 Å². The first-order valence-corrected chi connectivity index (χ1v) is 4.57. The van der Waals surface area contributed by atoms with Crippen LogP contribution in [0.15, 0.2) is 0 Å². The van der Waals surface area contributed by atoms with E-state index in [4.69, 9.17) is 0 Å². The monoisotopic (exact) mass is 173 g/mol. The summed E-state index contributed by atoms with van der Waals surface area (Å²) in [5, 5.41) is 0. The Labute approximate surface area is 72.7 Å². The van der Waals surface area contributed by atoms with E-state index >= 15 is 0 Å². The van der Waals surface area contributed by atoms with Gasteiger partial charge in [-0.25, -0.2) is 4.39 Å². The average molecular weight is 173 g/mol. The number of alkyl halides is 1. The summed E-state index contributed by atoms with van der Waals surface area (Å²) < 4.78 is 12.7. The number of carbonyl (C=O) groups is 1. The number of hydrogen-bond acceptors (Lipinski definition) is 2. The molecule has 0 saturated carbocycles. The van der Waals surface area contributed by atoms with Crippen molar-refractivity contribution in [2.45, 2.75) is 32.4 Å². The Hall–Kier alpha value is -0.440. The van der Waals surface area contributed by atoms with Crippen molar-refractivity contribution in [2.24, 2.45) is 0 Å². The van der Waals surface area contributed by atoms with Gasteiger partial charge in [0.1, 0.15) is 0 Å². The lowest BCUT2D eigenvalue weighted by Crippen LogP contribution is -2.37. The fourth-order valence-corrected chi connectivity index (χ4v) is 1.30. The van der Waals surface area contributed by atoms with E-state index in [0.29, 0.717) is 6.42 Å². The van der Waals surface area contributed by atoms with Gasteiger partial charge in [0.2, 0.25) is 0 Å². The SMILES string of the molecule is CC(=O)[C@H](F)CCCN1CCC1. The zero-order valence-electron chi connectivity index (χ0n) is 7.55. The molecular weight excluding hydrogens is 157 g/mol. The summed E-state index contributed by atoms with van der Waals surface area (Å²) in [6.07, 6.45) is 1.24. The van der Waals surface area contributed by atoms with E-state index in [1.54, 1.807) is 0 Å². The molecule has 3 heteroatoms. The zero-order valence-corrected chi connectivity index (χ0v) is 7.55. The third-order valence-electron chi connectivity index (χ3n) is 2.32. The Bertz CT molecular complexity index is 157. The molecule has 0 aromatic rings. The largest absolute Gasteiger partial charge is 0.303 e. The van der Waals surface area contributed by atoms with Gasteiger partial charge in [-0.1, -0.05) is 0 Å². The lowest BCUT2D eigenvalue weighted by molar-refractivity contribution is -0.121. The molecule has 0 bridgehead atoms. The third-order valence-corrected chi connectivity index (χ3v) is 2.32. The van der Waals surface area contributed by atoms with E-state index in [1.807, 2.05) is 0 Å². The molecular formula is C9H16FNO. The van der Waals surface area contributed by atoms with Crippen LogP contribution in [0.3, 0.4) is 0 Å². The number of Topliss-reactive ketones (excluding diaryl/α,β-unsaturated/α-hetero) is 1. The molecule has 1 fully saturated rings. The van der Waals surface area contributed by atoms with Crippen LogP contribution in [-0.2, 0) is 4.79 Å². The van der Waals surface area contributed by atoms with Gasteiger partial charge in [0.05, 0.1) is 0 Å². The smallest absolute Gasteiger partial charge is 0.163 e. The second kappa shape index (κ2) is 4.55. The maximum atomic E-state index is 12.7. The van der Waals surface area contributed by atoms with E-state index < -0.39 is 6.17 Å². The lowest BCUT2D eigenvalue weighted by atomic mass is 10.1. The fraction of sp³-hybridized carbons (Fsp3) is 0.889. The van der Waals surface area contributed by atoms with Crippen molar-refractivity contribution >= 4 is 5.78 Å². The molecule has 0 N–H and O–H groups in total. The molecule has 70 valence electrons. The number of likely N-dealkylation sites (tertiary alicyclic amines) is 1. The van der Waals surface area contributed by atoms with Crippen molar-refractivity contribution in [3.63, 3.8) is 0 Å².